The van der Waals surface area contributed by atoms with Crippen LogP contribution in [-0.2, 0) is 0 Å². The van der Waals surface area contributed by atoms with E-state index in [0.717, 1.165) is 6.20 Å². The first-order chi connectivity index (χ1) is 6.02. The lowest BCUT2D eigenvalue weighted by molar-refractivity contribution is -0.389. The standard InChI is InChI=1S/C6H4N2O5/c9-4-1-5(8(12)13)7-2-3(4)6(10)11/h1-2H,(H,7,9)(H,10,11). The molecule has 7 nitrogen and oxygen atoms in total. The maximum atomic E-state index is 10.9. The molecule has 0 bridgehead atoms. The van der Waals surface area contributed by atoms with Crippen molar-refractivity contribution in [1.82, 2.24) is 4.98 Å². The van der Waals surface area contributed by atoms with E-state index in [2.05, 4.69) is 4.98 Å². The van der Waals surface area contributed by atoms with Gasteiger partial charge in [-0.2, -0.15) is 0 Å². The number of hydrogen-bond acceptors (Lipinski definition) is 4. The summed E-state index contributed by atoms with van der Waals surface area (Å²) in [4.78, 5) is 32.6. The molecule has 0 unspecified atom stereocenters. The van der Waals surface area contributed by atoms with Crippen LogP contribution in [-0.4, -0.2) is 21.0 Å². The van der Waals surface area contributed by atoms with E-state index in [4.69, 9.17) is 5.11 Å². The second kappa shape index (κ2) is 3.05. The molecule has 0 atom stereocenters. The molecule has 0 aromatic carbocycles. The molecule has 0 spiro atoms. The van der Waals surface area contributed by atoms with E-state index in [-0.39, 0.29) is 0 Å². The lowest BCUT2D eigenvalue weighted by atomic mass is 10.3. The first-order valence-electron chi connectivity index (χ1n) is 3.13. The van der Waals surface area contributed by atoms with Crippen LogP contribution in [0.4, 0.5) is 5.82 Å². The average Bonchev–Trinajstić information content (AvgIpc) is 2.03. The van der Waals surface area contributed by atoms with Gasteiger partial charge in [0.1, 0.15) is 11.8 Å². The Morgan fingerprint density at radius 3 is 2.62 bits per heavy atom. The van der Waals surface area contributed by atoms with Crippen LogP contribution in [0.25, 0.3) is 0 Å². The Bertz CT molecular complexity index is 421. The van der Waals surface area contributed by atoms with E-state index in [1.54, 1.807) is 0 Å². The number of nitro groups is 1. The largest absolute Gasteiger partial charge is 0.477 e. The van der Waals surface area contributed by atoms with Crippen LogP contribution >= 0.6 is 0 Å². The minimum absolute atomic E-state index is 0.523. The van der Waals surface area contributed by atoms with Gasteiger partial charge < -0.3 is 15.2 Å². The average molecular weight is 184 g/mol. The van der Waals surface area contributed by atoms with Gasteiger partial charge in [0.2, 0.25) is 5.43 Å². The fourth-order valence-corrected chi connectivity index (χ4v) is 0.733. The van der Waals surface area contributed by atoms with Gasteiger partial charge in [0.05, 0.1) is 6.07 Å². The summed E-state index contributed by atoms with van der Waals surface area (Å²) in [6.45, 7) is 0. The number of nitrogens with zero attached hydrogens (tertiary/aromatic N) is 1. The lowest BCUT2D eigenvalue weighted by Gasteiger charge is -1.93. The Labute approximate surface area is 70.8 Å². The third-order valence-corrected chi connectivity index (χ3v) is 1.32. The predicted molar refractivity (Wildman–Crippen MR) is 40.7 cm³/mol. The molecule has 0 fully saturated rings. The van der Waals surface area contributed by atoms with Crippen molar-refractivity contribution in [3.63, 3.8) is 0 Å². The maximum Gasteiger partial charge on any atom is 0.343 e. The highest BCUT2D eigenvalue weighted by Gasteiger charge is 2.13. The number of aromatic amines is 1. The van der Waals surface area contributed by atoms with Gasteiger partial charge in [-0.3, -0.25) is 4.79 Å². The summed E-state index contributed by atoms with van der Waals surface area (Å²) >= 11 is 0. The molecule has 1 aromatic rings. The lowest BCUT2D eigenvalue weighted by Crippen LogP contribution is -2.14. The monoisotopic (exact) mass is 184 g/mol. The predicted octanol–water partition coefficient (Wildman–Crippen LogP) is -0.0187. The van der Waals surface area contributed by atoms with E-state index < -0.39 is 27.7 Å². The summed E-state index contributed by atoms with van der Waals surface area (Å²) in [5.74, 6) is -1.95. The molecule has 13 heavy (non-hydrogen) atoms. The number of hydrogen-bond donors (Lipinski definition) is 2. The topological polar surface area (TPSA) is 113 Å². The van der Waals surface area contributed by atoms with E-state index in [1.165, 1.54) is 0 Å². The molecule has 0 saturated heterocycles. The van der Waals surface area contributed by atoms with Crippen LogP contribution in [0.3, 0.4) is 0 Å². The number of aromatic nitrogens is 1. The van der Waals surface area contributed by atoms with E-state index in [0.29, 0.717) is 6.07 Å². The van der Waals surface area contributed by atoms with Gasteiger partial charge in [-0.1, -0.05) is 0 Å². The molecule has 0 aliphatic carbocycles. The molecule has 0 amide bonds. The number of aromatic carboxylic acids is 1. The Kier molecular flexibility index (Phi) is 2.09. The van der Waals surface area contributed by atoms with Crippen molar-refractivity contribution >= 4 is 11.8 Å². The second-order valence-corrected chi connectivity index (χ2v) is 2.16. The third-order valence-electron chi connectivity index (χ3n) is 1.32. The van der Waals surface area contributed by atoms with E-state index in [1.807, 2.05) is 0 Å². The van der Waals surface area contributed by atoms with Gasteiger partial charge in [-0.15, -0.1) is 0 Å². The highest BCUT2D eigenvalue weighted by atomic mass is 16.6. The fourth-order valence-electron chi connectivity index (χ4n) is 0.733. The van der Waals surface area contributed by atoms with Gasteiger partial charge >= 0.3 is 11.8 Å². The van der Waals surface area contributed by atoms with Crippen molar-refractivity contribution in [3.8, 4) is 0 Å². The Morgan fingerprint density at radius 2 is 2.23 bits per heavy atom. The molecule has 1 heterocycles. The highest BCUT2D eigenvalue weighted by Crippen LogP contribution is 2.01. The van der Waals surface area contributed by atoms with Crippen LogP contribution in [0.1, 0.15) is 10.4 Å². The normalized spacial score (nSPS) is 9.54. The maximum absolute atomic E-state index is 10.9. The fraction of sp³-hybridized carbons (Fsp3) is 0. The minimum atomic E-state index is -1.42. The number of rotatable bonds is 2. The van der Waals surface area contributed by atoms with Crippen molar-refractivity contribution in [1.29, 1.82) is 0 Å². The zero-order valence-corrected chi connectivity index (χ0v) is 6.18. The molecular formula is C6H4N2O5. The van der Waals surface area contributed by atoms with Crippen molar-refractivity contribution in [2.24, 2.45) is 0 Å². The molecule has 68 valence electrons. The number of carboxylic acids is 1. The SMILES string of the molecule is O=C(O)c1c[nH]c([N+](=O)[O-])cc1=O. The van der Waals surface area contributed by atoms with E-state index >= 15 is 0 Å². The quantitative estimate of drug-likeness (QED) is 0.495. The van der Waals surface area contributed by atoms with Gasteiger partial charge in [-0.05, 0) is 4.92 Å². The first kappa shape index (κ1) is 8.91. The van der Waals surface area contributed by atoms with Gasteiger partial charge in [0.15, 0.2) is 0 Å². The summed E-state index contributed by atoms with van der Waals surface area (Å²) in [5.41, 5.74) is -1.41. The molecule has 0 aliphatic heterocycles. The number of carboxylic acid groups (broad SMARTS) is 1. The molecule has 0 radical (unpaired) electrons. The third kappa shape index (κ3) is 1.70. The summed E-state index contributed by atoms with van der Waals surface area (Å²) in [6, 6.07) is 0.628. The molecular weight excluding hydrogens is 180 g/mol. The first-order valence-corrected chi connectivity index (χ1v) is 3.13. The van der Waals surface area contributed by atoms with E-state index in [9.17, 15) is 19.7 Å². The zero-order chi connectivity index (χ0) is 10.0. The molecule has 1 rings (SSSR count). The number of carbonyl (C=O) groups is 1. The number of nitrogens with one attached hydrogen (secondary N) is 1. The number of pyridine rings is 1. The Balaban J connectivity index is 3.29. The highest BCUT2D eigenvalue weighted by molar-refractivity contribution is 5.87. The van der Waals surface area contributed by atoms with Gasteiger partial charge in [-0.25, -0.2) is 9.78 Å². The van der Waals surface area contributed by atoms with Crippen LogP contribution < -0.4 is 5.43 Å². The summed E-state index contributed by atoms with van der Waals surface area (Å²) in [5, 5.41) is 18.5. The van der Waals surface area contributed by atoms with Crippen molar-refractivity contribution in [2.45, 2.75) is 0 Å². The number of H-pyrrole nitrogens is 1. The van der Waals surface area contributed by atoms with Crippen molar-refractivity contribution in [3.05, 3.63) is 38.2 Å². The zero-order valence-electron chi connectivity index (χ0n) is 6.18. The van der Waals surface area contributed by atoms with Crippen LogP contribution in [0.15, 0.2) is 17.1 Å². The molecule has 1 aromatic heterocycles. The van der Waals surface area contributed by atoms with Crippen LogP contribution in [0.2, 0.25) is 0 Å². The Morgan fingerprint density at radius 1 is 1.62 bits per heavy atom. The smallest absolute Gasteiger partial charge is 0.343 e. The van der Waals surface area contributed by atoms with Crippen LogP contribution in [0.5, 0.6) is 0 Å². The summed E-state index contributed by atoms with van der Waals surface area (Å²) < 4.78 is 0. The molecule has 7 heteroatoms. The summed E-state index contributed by atoms with van der Waals surface area (Å²) in [6.07, 6.45) is 0.794. The van der Waals surface area contributed by atoms with Crippen molar-refractivity contribution in [2.75, 3.05) is 0 Å². The Hall–Kier alpha value is -2.18. The second-order valence-electron chi connectivity index (χ2n) is 2.16. The summed E-state index contributed by atoms with van der Waals surface area (Å²) in [7, 11) is 0. The van der Waals surface area contributed by atoms with Gasteiger partial charge in [0, 0.05) is 0 Å². The minimum Gasteiger partial charge on any atom is -0.477 e. The molecule has 0 saturated carbocycles. The van der Waals surface area contributed by atoms with Gasteiger partial charge in [0.25, 0.3) is 0 Å². The van der Waals surface area contributed by atoms with Crippen molar-refractivity contribution < 1.29 is 14.8 Å². The molecule has 0 aliphatic rings. The molecule has 2 N–H and O–H groups in total. The van der Waals surface area contributed by atoms with Crippen LogP contribution in [0, 0.1) is 10.1 Å².